The van der Waals surface area contributed by atoms with Crippen LogP contribution in [0, 0.1) is 5.82 Å². The van der Waals surface area contributed by atoms with Crippen LogP contribution in [-0.4, -0.2) is 10.2 Å². The van der Waals surface area contributed by atoms with E-state index in [0.717, 1.165) is 22.4 Å². The third-order valence-corrected chi connectivity index (χ3v) is 2.73. The first-order valence-corrected chi connectivity index (χ1v) is 4.93. The Morgan fingerprint density at radius 2 is 2.00 bits per heavy atom. The molecule has 3 rings (SSSR count). The van der Waals surface area contributed by atoms with Gasteiger partial charge in [0.25, 0.3) is 0 Å². The van der Waals surface area contributed by atoms with E-state index in [0.29, 0.717) is 11.6 Å². The molecule has 0 amide bonds. The van der Waals surface area contributed by atoms with Crippen LogP contribution in [0.2, 0.25) is 5.15 Å². The van der Waals surface area contributed by atoms with Crippen LogP contribution in [-0.2, 0) is 6.42 Å². The Kier molecular flexibility index (Phi) is 1.76. The monoisotopic (exact) mass is 220 g/mol. The van der Waals surface area contributed by atoms with Gasteiger partial charge in [-0.1, -0.05) is 11.6 Å². The van der Waals surface area contributed by atoms with E-state index in [4.69, 9.17) is 11.6 Å². The summed E-state index contributed by atoms with van der Waals surface area (Å²) in [4.78, 5) is 0. The molecule has 0 atom stereocenters. The van der Waals surface area contributed by atoms with Gasteiger partial charge < -0.3 is 0 Å². The van der Waals surface area contributed by atoms with Crippen molar-refractivity contribution in [3.8, 4) is 11.3 Å². The number of benzene rings is 1. The molecule has 0 radical (unpaired) electrons. The molecule has 0 unspecified atom stereocenters. The van der Waals surface area contributed by atoms with Crippen molar-refractivity contribution < 1.29 is 4.39 Å². The van der Waals surface area contributed by atoms with Gasteiger partial charge in [-0.25, -0.2) is 4.39 Å². The van der Waals surface area contributed by atoms with Crippen molar-refractivity contribution in [1.29, 1.82) is 0 Å². The molecule has 0 fully saturated rings. The van der Waals surface area contributed by atoms with E-state index in [1.165, 1.54) is 12.1 Å². The van der Waals surface area contributed by atoms with Gasteiger partial charge >= 0.3 is 0 Å². The lowest BCUT2D eigenvalue weighted by atomic mass is 10.1. The minimum atomic E-state index is -0.222. The summed E-state index contributed by atoms with van der Waals surface area (Å²) in [5.41, 5.74) is 3.72. The number of fused-ring (bicyclic) bond motifs is 3. The summed E-state index contributed by atoms with van der Waals surface area (Å²) in [6.45, 7) is 0. The third kappa shape index (κ3) is 1.31. The van der Waals surface area contributed by atoms with Crippen LogP contribution in [0.25, 0.3) is 11.3 Å². The van der Waals surface area contributed by atoms with Crippen LogP contribution in [0.3, 0.4) is 0 Å². The number of halogens is 2. The molecule has 0 bridgehead atoms. The summed E-state index contributed by atoms with van der Waals surface area (Å²) in [6, 6.07) is 6.48. The van der Waals surface area contributed by atoms with Gasteiger partial charge in [-0.3, -0.25) is 0 Å². The normalized spacial score (nSPS) is 12.4. The second-order valence-electron chi connectivity index (χ2n) is 3.52. The van der Waals surface area contributed by atoms with Gasteiger partial charge in [0.15, 0.2) is 5.15 Å². The summed E-state index contributed by atoms with van der Waals surface area (Å²) in [6.07, 6.45) is 0.678. The molecular formula is C11H6ClFN2. The molecule has 0 N–H and O–H groups in total. The molecule has 1 aromatic heterocycles. The lowest BCUT2D eigenvalue weighted by Gasteiger charge is -1.98. The van der Waals surface area contributed by atoms with E-state index < -0.39 is 0 Å². The van der Waals surface area contributed by atoms with Gasteiger partial charge in [0.1, 0.15) is 5.82 Å². The summed E-state index contributed by atoms with van der Waals surface area (Å²) in [5, 5.41) is 8.20. The highest BCUT2D eigenvalue weighted by molar-refractivity contribution is 6.29. The van der Waals surface area contributed by atoms with E-state index in [9.17, 15) is 4.39 Å². The fourth-order valence-electron chi connectivity index (χ4n) is 1.91. The predicted molar refractivity (Wildman–Crippen MR) is 55.2 cm³/mol. The molecule has 0 spiro atoms. The fourth-order valence-corrected chi connectivity index (χ4v) is 2.08. The zero-order chi connectivity index (χ0) is 10.4. The van der Waals surface area contributed by atoms with Crippen LogP contribution in [0.15, 0.2) is 24.3 Å². The topological polar surface area (TPSA) is 25.8 Å². The molecule has 0 saturated carbocycles. The zero-order valence-electron chi connectivity index (χ0n) is 7.67. The SMILES string of the molecule is Fc1ccc2c(c1)Cc1cc(Cl)nnc1-2. The fraction of sp³-hybridized carbons (Fsp3) is 0.0909. The van der Waals surface area contributed by atoms with Crippen molar-refractivity contribution in [2.24, 2.45) is 0 Å². The first-order valence-electron chi connectivity index (χ1n) is 4.55. The molecule has 1 heterocycles. The van der Waals surface area contributed by atoms with Gasteiger partial charge in [-0.05, 0) is 35.4 Å². The maximum Gasteiger partial charge on any atom is 0.152 e. The third-order valence-electron chi connectivity index (χ3n) is 2.55. The molecule has 2 aromatic rings. The number of rotatable bonds is 0. The summed E-state index contributed by atoms with van der Waals surface area (Å²) in [5.74, 6) is -0.222. The molecule has 0 aliphatic heterocycles. The number of nitrogens with zero attached hydrogens (tertiary/aromatic N) is 2. The summed E-state index contributed by atoms with van der Waals surface area (Å²) >= 11 is 5.75. The smallest absolute Gasteiger partial charge is 0.152 e. The molecule has 1 aromatic carbocycles. The number of aromatic nitrogens is 2. The maximum atomic E-state index is 13.0. The molecule has 4 heteroatoms. The lowest BCUT2D eigenvalue weighted by Crippen LogP contribution is -1.88. The van der Waals surface area contributed by atoms with E-state index in [1.807, 2.05) is 0 Å². The van der Waals surface area contributed by atoms with Crippen LogP contribution in [0.4, 0.5) is 4.39 Å². The average Bonchev–Trinajstić information content (AvgIpc) is 2.53. The van der Waals surface area contributed by atoms with E-state index >= 15 is 0 Å². The van der Waals surface area contributed by atoms with Crippen molar-refractivity contribution >= 4 is 11.6 Å². The second-order valence-corrected chi connectivity index (χ2v) is 3.91. The number of hydrogen-bond donors (Lipinski definition) is 0. The predicted octanol–water partition coefficient (Wildman–Crippen LogP) is 2.84. The first-order chi connectivity index (χ1) is 7.24. The second kappa shape index (κ2) is 3.00. The molecule has 74 valence electrons. The minimum absolute atomic E-state index is 0.222. The van der Waals surface area contributed by atoms with Crippen molar-refractivity contribution in [1.82, 2.24) is 10.2 Å². The molecule has 0 saturated heterocycles. The summed E-state index contributed by atoms with van der Waals surface area (Å²) in [7, 11) is 0. The lowest BCUT2D eigenvalue weighted by molar-refractivity contribution is 0.626. The van der Waals surface area contributed by atoms with Gasteiger partial charge in [0.2, 0.25) is 0 Å². The molecule has 1 aliphatic carbocycles. The van der Waals surface area contributed by atoms with Crippen LogP contribution < -0.4 is 0 Å². The molecule has 15 heavy (non-hydrogen) atoms. The standard InChI is InChI=1S/C11H6ClFN2/c12-10-5-7-3-6-4-8(13)1-2-9(6)11(7)15-14-10/h1-2,4-5H,3H2. The van der Waals surface area contributed by atoms with E-state index in [1.54, 1.807) is 12.1 Å². The van der Waals surface area contributed by atoms with Crippen LogP contribution in [0.5, 0.6) is 0 Å². The summed E-state index contributed by atoms with van der Waals surface area (Å²) < 4.78 is 13.0. The highest BCUT2D eigenvalue weighted by Crippen LogP contribution is 2.35. The molecule has 2 nitrogen and oxygen atoms in total. The van der Waals surface area contributed by atoms with Crippen molar-refractivity contribution in [3.05, 3.63) is 46.4 Å². The van der Waals surface area contributed by atoms with E-state index in [-0.39, 0.29) is 5.82 Å². The quantitative estimate of drug-likeness (QED) is 0.582. The molecular weight excluding hydrogens is 215 g/mol. The van der Waals surface area contributed by atoms with Gasteiger partial charge in [0, 0.05) is 12.0 Å². The van der Waals surface area contributed by atoms with E-state index in [2.05, 4.69) is 10.2 Å². The van der Waals surface area contributed by atoms with Gasteiger partial charge in [-0.2, -0.15) is 0 Å². The Morgan fingerprint density at radius 3 is 2.87 bits per heavy atom. The highest BCUT2D eigenvalue weighted by atomic mass is 35.5. The zero-order valence-corrected chi connectivity index (χ0v) is 8.42. The Morgan fingerprint density at radius 1 is 1.13 bits per heavy atom. The van der Waals surface area contributed by atoms with Gasteiger partial charge in [-0.15, -0.1) is 10.2 Å². The average molecular weight is 221 g/mol. The molecule has 1 aliphatic rings. The highest BCUT2D eigenvalue weighted by Gasteiger charge is 2.20. The Hall–Kier alpha value is -1.48. The maximum absolute atomic E-state index is 13.0. The van der Waals surface area contributed by atoms with Crippen molar-refractivity contribution in [3.63, 3.8) is 0 Å². The first kappa shape index (κ1) is 8.80. The van der Waals surface area contributed by atoms with Crippen molar-refractivity contribution in [2.45, 2.75) is 6.42 Å². The largest absolute Gasteiger partial charge is 0.207 e. The minimum Gasteiger partial charge on any atom is -0.207 e. The Balaban J connectivity index is 2.24. The Bertz CT molecular complexity index is 505. The van der Waals surface area contributed by atoms with Crippen LogP contribution in [0.1, 0.15) is 11.1 Å². The van der Waals surface area contributed by atoms with Crippen LogP contribution >= 0.6 is 11.6 Å². The number of hydrogen-bond acceptors (Lipinski definition) is 2. The van der Waals surface area contributed by atoms with Crippen molar-refractivity contribution in [2.75, 3.05) is 0 Å². The van der Waals surface area contributed by atoms with Gasteiger partial charge in [0.05, 0.1) is 5.69 Å². The Labute approximate surface area is 90.7 Å².